The lowest BCUT2D eigenvalue weighted by Crippen LogP contribution is -2.11. The predicted molar refractivity (Wildman–Crippen MR) is 173 cm³/mol. The average Bonchev–Trinajstić information content (AvgIpc) is 3.38. The van der Waals surface area contributed by atoms with Crippen LogP contribution in [-0.2, 0) is 0 Å². The fourth-order valence-electron chi connectivity index (χ4n) is 6.51. The van der Waals surface area contributed by atoms with E-state index in [-0.39, 0.29) is 0 Å². The molecule has 1 heterocycles. The molecule has 1 unspecified atom stereocenters. The van der Waals surface area contributed by atoms with Crippen LogP contribution in [0.2, 0.25) is 0 Å². The average molecular weight is 525 g/mol. The number of allylic oxidation sites excluding steroid dienone is 1. The zero-order valence-electron chi connectivity index (χ0n) is 22.6. The molecular weight excluding hydrogens is 496 g/mol. The fourth-order valence-corrected chi connectivity index (χ4v) is 6.51. The maximum Gasteiger partial charge on any atom is 0.0467 e. The minimum atomic E-state index is 0.342. The Labute approximate surface area is 240 Å². The lowest BCUT2D eigenvalue weighted by Gasteiger charge is -2.27. The molecule has 1 atom stereocenters. The molecule has 2 nitrogen and oxygen atoms in total. The lowest BCUT2D eigenvalue weighted by atomic mass is 9.93. The van der Waals surface area contributed by atoms with Gasteiger partial charge in [-0.2, -0.15) is 0 Å². The third-order valence-electron chi connectivity index (χ3n) is 8.40. The molecule has 0 spiro atoms. The van der Waals surface area contributed by atoms with E-state index in [1.165, 1.54) is 49.7 Å². The van der Waals surface area contributed by atoms with Crippen molar-refractivity contribution in [3.05, 3.63) is 151 Å². The summed E-state index contributed by atoms with van der Waals surface area (Å²) in [6, 6.07) is 48.6. The van der Waals surface area contributed by atoms with Gasteiger partial charge in [-0.1, -0.05) is 103 Å². The number of aliphatic imine (C=N–C) groups is 1. The van der Waals surface area contributed by atoms with Crippen LogP contribution in [0.25, 0.3) is 44.2 Å². The summed E-state index contributed by atoms with van der Waals surface area (Å²) in [4.78, 5) is 6.64. The number of nitrogens with zero attached hydrogens (tertiary/aromatic N) is 2. The van der Waals surface area contributed by atoms with Gasteiger partial charge in [0.2, 0.25) is 0 Å². The van der Waals surface area contributed by atoms with Gasteiger partial charge in [0, 0.05) is 35.4 Å². The van der Waals surface area contributed by atoms with Crippen molar-refractivity contribution in [3.8, 4) is 33.4 Å². The summed E-state index contributed by atoms with van der Waals surface area (Å²) in [5.74, 6) is 0.342. The molecule has 2 heteroatoms. The topological polar surface area (TPSA) is 15.6 Å². The number of hydrogen-bond acceptors (Lipinski definition) is 2. The van der Waals surface area contributed by atoms with Crippen LogP contribution in [0, 0.1) is 0 Å². The van der Waals surface area contributed by atoms with E-state index in [9.17, 15) is 0 Å². The van der Waals surface area contributed by atoms with Crippen LogP contribution in [0.4, 0.5) is 17.1 Å². The minimum absolute atomic E-state index is 0.342. The van der Waals surface area contributed by atoms with E-state index in [1.54, 1.807) is 0 Å². The van der Waals surface area contributed by atoms with E-state index in [0.717, 1.165) is 23.5 Å². The van der Waals surface area contributed by atoms with Crippen molar-refractivity contribution in [3.63, 3.8) is 0 Å². The van der Waals surface area contributed by atoms with Crippen molar-refractivity contribution in [1.82, 2.24) is 0 Å². The van der Waals surface area contributed by atoms with Crippen LogP contribution in [0.1, 0.15) is 17.9 Å². The van der Waals surface area contributed by atoms with E-state index in [2.05, 4.69) is 149 Å². The Morgan fingerprint density at radius 1 is 0.537 bits per heavy atom. The van der Waals surface area contributed by atoms with Gasteiger partial charge >= 0.3 is 0 Å². The van der Waals surface area contributed by atoms with Gasteiger partial charge in [0.15, 0.2) is 0 Å². The molecule has 6 aromatic carbocycles. The van der Waals surface area contributed by atoms with Crippen LogP contribution < -0.4 is 4.90 Å². The first-order valence-electron chi connectivity index (χ1n) is 14.2. The van der Waals surface area contributed by atoms with Crippen molar-refractivity contribution < 1.29 is 0 Å². The Hall–Kier alpha value is -5.21. The van der Waals surface area contributed by atoms with Crippen LogP contribution >= 0.6 is 0 Å². The van der Waals surface area contributed by atoms with Gasteiger partial charge in [-0.25, -0.2) is 0 Å². The van der Waals surface area contributed by atoms with Crippen molar-refractivity contribution in [1.29, 1.82) is 0 Å². The van der Waals surface area contributed by atoms with E-state index in [4.69, 9.17) is 0 Å². The number of para-hydroxylation sites is 1. The zero-order chi connectivity index (χ0) is 27.2. The predicted octanol–water partition coefficient (Wildman–Crippen LogP) is 10.7. The molecule has 0 amide bonds. The van der Waals surface area contributed by atoms with Gasteiger partial charge in [-0.3, -0.25) is 4.99 Å². The molecule has 2 aliphatic rings. The molecule has 1 aliphatic heterocycles. The van der Waals surface area contributed by atoms with Gasteiger partial charge in [0.1, 0.15) is 0 Å². The largest absolute Gasteiger partial charge is 0.310 e. The van der Waals surface area contributed by atoms with Gasteiger partial charge in [-0.15, -0.1) is 0 Å². The summed E-state index contributed by atoms with van der Waals surface area (Å²) in [5, 5.41) is 2.65. The van der Waals surface area contributed by atoms with E-state index >= 15 is 0 Å². The van der Waals surface area contributed by atoms with E-state index in [1.807, 2.05) is 12.4 Å². The zero-order valence-corrected chi connectivity index (χ0v) is 22.6. The van der Waals surface area contributed by atoms with E-state index in [0.29, 0.717) is 5.92 Å². The van der Waals surface area contributed by atoms with Crippen molar-refractivity contribution in [2.75, 3.05) is 4.90 Å². The molecule has 0 bridgehead atoms. The Bertz CT molecular complexity index is 1950. The van der Waals surface area contributed by atoms with Crippen LogP contribution in [0.15, 0.2) is 151 Å². The standard InChI is InChI=1S/C39H28N2/c1-2-11-30(12-3-1)41(31-13-6-9-28(25-31)27-21-23-40-24-22-27)32-14-7-10-29(26-32)33-19-20-38-35-16-5-4-15-34(35)37-18-8-17-36(33)39(37)38/h1-21,23-27H,22H2. The monoisotopic (exact) mass is 524 g/mol. The fraction of sp³-hybridized carbons (Fsp3) is 0.0513. The SMILES string of the molecule is C1=CC(c2cccc(N(c3ccccc3)c3cccc(-c4ccc5c6c(cccc46)-c4ccccc4-5)c3)c2)CC=N1. The summed E-state index contributed by atoms with van der Waals surface area (Å²) in [6.07, 6.45) is 7.04. The highest BCUT2D eigenvalue weighted by molar-refractivity contribution is 6.18. The first-order valence-corrected chi connectivity index (χ1v) is 14.2. The highest BCUT2D eigenvalue weighted by Crippen LogP contribution is 2.49. The minimum Gasteiger partial charge on any atom is -0.310 e. The summed E-state index contributed by atoms with van der Waals surface area (Å²) in [6.45, 7) is 0. The van der Waals surface area contributed by atoms with Crippen LogP contribution in [-0.4, -0.2) is 6.21 Å². The summed E-state index contributed by atoms with van der Waals surface area (Å²) >= 11 is 0. The molecule has 0 N–H and O–H groups in total. The van der Waals surface area contributed by atoms with E-state index < -0.39 is 0 Å². The molecule has 0 radical (unpaired) electrons. The highest BCUT2D eigenvalue weighted by Gasteiger charge is 2.22. The second kappa shape index (κ2) is 9.76. The number of benzene rings is 6. The Balaban J connectivity index is 1.27. The maximum atomic E-state index is 4.28. The number of hydrogen-bond donors (Lipinski definition) is 0. The molecule has 0 fully saturated rings. The number of fused-ring (bicyclic) bond motifs is 3. The Kier molecular flexibility index (Phi) is 5.63. The molecule has 194 valence electrons. The van der Waals surface area contributed by atoms with Gasteiger partial charge in [0.05, 0.1) is 0 Å². The highest BCUT2D eigenvalue weighted by atomic mass is 15.1. The second-order valence-electron chi connectivity index (χ2n) is 10.8. The molecule has 0 saturated heterocycles. The van der Waals surface area contributed by atoms with Gasteiger partial charge in [-0.05, 0) is 92.5 Å². The van der Waals surface area contributed by atoms with Crippen molar-refractivity contribution in [2.45, 2.75) is 12.3 Å². The second-order valence-corrected chi connectivity index (χ2v) is 10.8. The molecule has 0 aromatic heterocycles. The molecule has 0 saturated carbocycles. The number of rotatable bonds is 5. The first kappa shape index (κ1) is 23.7. The van der Waals surface area contributed by atoms with Crippen molar-refractivity contribution >= 4 is 34.0 Å². The maximum absolute atomic E-state index is 4.28. The van der Waals surface area contributed by atoms with Crippen molar-refractivity contribution in [2.24, 2.45) is 4.99 Å². The lowest BCUT2D eigenvalue weighted by molar-refractivity contribution is 0.887. The Morgan fingerprint density at radius 3 is 2.00 bits per heavy atom. The third-order valence-corrected chi connectivity index (χ3v) is 8.40. The third kappa shape index (κ3) is 3.99. The quantitative estimate of drug-likeness (QED) is 0.219. The van der Waals surface area contributed by atoms with Gasteiger partial charge < -0.3 is 4.90 Å². The summed E-state index contributed by atoms with van der Waals surface area (Å²) in [5.41, 5.74) is 12.5. The number of anilines is 3. The van der Waals surface area contributed by atoms with Gasteiger partial charge in [0.25, 0.3) is 0 Å². The molecular formula is C39H28N2. The van der Waals surface area contributed by atoms with Crippen LogP contribution in [0.3, 0.4) is 0 Å². The normalized spacial score (nSPS) is 14.8. The molecule has 41 heavy (non-hydrogen) atoms. The molecule has 1 aliphatic carbocycles. The first-order chi connectivity index (χ1) is 20.3. The smallest absolute Gasteiger partial charge is 0.0467 e. The van der Waals surface area contributed by atoms with Crippen LogP contribution in [0.5, 0.6) is 0 Å². The molecule has 8 rings (SSSR count). The Morgan fingerprint density at radius 2 is 1.20 bits per heavy atom. The molecule has 6 aromatic rings. The summed E-state index contributed by atoms with van der Waals surface area (Å²) in [7, 11) is 0. The summed E-state index contributed by atoms with van der Waals surface area (Å²) < 4.78 is 0.